The molecule has 2 aromatic rings. The zero-order valence-corrected chi connectivity index (χ0v) is 19.4. The quantitative estimate of drug-likeness (QED) is 0.451. The summed E-state index contributed by atoms with van der Waals surface area (Å²) in [4.78, 5) is 18.8. The second-order valence-corrected chi connectivity index (χ2v) is 9.43. The van der Waals surface area contributed by atoms with Gasteiger partial charge in [-0.25, -0.2) is 4.39 Å². The van der Waals surface area contributed by atoms with Gasteiger partial charge in [0.1, 0.15) is 17.6 Å². The molecule has 1 aromatic heterocycles. The Morgan fingerprint density at radius 1 is 1.22 bits per heavy atom. The lowest BCUT2D eigenvalue weighted by molar-refractivity contribution is -0.121. The van der Waals surface area contributed by atoms with Gasteiger partial charge in [0.15, 0.2) is 5.82 Å². The number of halogens is 1. The van der Waals surface area contributed by atoms with Crippen molar-refractivity contribution >= 4 is 11.5 Å². The van der Waals surface area contributed by atoms with Gasteiger partial charge >= 0.3 is 0 Å². The average Bonchev–Trinajstić information content (AvgIpc) is 3.23. The second kappa shape index (κ2) is 10.5. The molecular formula is C27H35FN2O2. The fourth-order valence-corrected chi connectivity index (χ4v) is 4.65. The number of ketones is 1. The molecule has 0 bridgehead atoms. The van der Waals surface area contributed by atoms with E-state index in [1.807, 2.05) is 31.2 Å². The van der Waals surface area contributed by atoms with Crippen LogP contribution in [0.25, 0.3) is 0 Å². The molecule has 1 aromatic carbocycles. The molecule has 1 aliphatic carbocycles. The van der Waals surface area contributed by atoms with Gasteiger partial charge < -0.3 is 9.64 Å². The Kier molecular flexibility index (Phi) is 7.44. The maximum atomic E-state index is 14.9. The molecule has 5 heteroatoms. The Labute approximate surface area is 191 Å². The van der Waals surface area contributed by atoms with Crippen LogP contribution in [0.2, 0.25) is 0 Å². The number of hydrogen-bond donors (Lipinski definition) is 0. The lowest BCUT2D eigenvalue weighted by Gasteiger charge is -2.25. The predicted octanol–water partition coefficient (Wildman–Crippen LogP) is 6.08. The van der Waals surface area contributed by atoms with Crippen molar-refractivity contribution in [2.75, 3.05) is 18.0 Å². The minimum Gasteiger partial charge on any atom is -0.489 e. The van der Waals surface area contributed by atoms with Crippen LogP contribution in [0.15, 0.2) is 36.5 Å². The molecule has 0 spiro atoms. The van der Waals surface area contributed by atoms with Crippen LogP contribution in [0.1, 0.15) is 76.0 Å². The third-order valence-corrected chi connectivity index (χ3v) is 7.07. The molecule has 2 heterocycles. The number of carbonyl (C=O) groups excluding carboxylic acids is 1. The van der Waals surface area contributed by atoms with Crippen molar-refractivity contribution in [3.8, 4) is 5.75 Å². The number of rotatable bonds is 10. The highest BCUT2D eigenvalue weighted by Gasteiger charge is 2.27. The van der Waals surface area contributed by atoms with E-state index in [4.69, 9.17) is 4.74 Å². The third-order valence-electron chi connectivity index (χ3n) is 7.07. The highest BCUT2D eigenvalue weighted by atomic mass is 19.1. The standard InChI is InChI=1S/C27H35FN2O2/c1-3-4-8-24-27(28)25(13-15-29-24)30-16-14-23(18-30)32-22-11-9-21(10-12-22)19(2)26(31)17-20-6-5-7-20/h9-13,15,19-20,23H,3-8,14,16-18H2,1-2H3. The molecule has 32 heavy (non-hydrogen) atoms. The molecule has 1 saturated carbocycles. The van der Waals surface area contributed by atoms with Crippen molar-refractivity contribution < 1.29 is 13.9 Å². The maximum Gasteiger partial charge on any atom is 0.167 e. The van der Waals surface area contributed by atoms with E-state index in [-0.39, 0.29) is 17.8 Å². The number of benzene rings is 1. The Hall–Kier alpha value is -2.43. The van der Waals surface area contributed by atoms with Gasteiger partial charge in [-0.15, -0.1) is 0 Å². The molecule has 1 aliphatic heterocycles. The minimum atomic E-state index is -0.188. The number of ether oxygens (including phenoxy) is 1. The van der Waals surface area contributed by atoms with E-state index in [9.17, 15) is 9.18 Å². The van der Waals surface area contributed by atoms with E-state index in [1.54, 1.807) is 12.3 Å². The lowest BCUT2D eigenvalue weighted by atomic mass is 9.79. The zero-order valence-electron chi connectivity index (χ0n) is 19.4. The summed E-state index contributed by atoms with van der Waals surface area (Å²) in [6, 6.07) is 9.70. The molecule has 172 valence electrons. The van der Waals surface area contributed by atoms with Gasteiger partial charge in [-0.2, -0.15) is 0 Å². The Balaban J connectivity index is 1.32. The van der Waals surface area contributed by atoms with Crippen molar-refractivity contribution in [3.63, 3.8) is 0 Å². The number of pyridine rings is 1. The van der Waals surface area contributed by atoms with Gasteiger partial charge in [0.2, 0.25) is 0 Å². The van der Waals surface area contributed by atoms with Crippen LogP contribution in [0.3, 0.4) is 0 Å². The first-order valence-electron chi connectivity index (χ1n) is 12.2. The summed E-state index contributed by atoms with van der Waals surface area (Å²) >= 11 is 0. The zero-order chi connectivity index (χ0) is 22.5. The molecule has 2 unspecified atom stereocenters. The summed E-state index contributed by atoms with van der Waals surface area (Å²) in [5.41, 5.74) is 2.24. The summed E-state index contributed by atoms with van der Waals surface area (Å²) in [6.45, 7) is 5.53. The van der Waals surface area contributed by atoms with Crippen molar-refractivity contribution in [2.24, 2.45) is 5.92 Å². The van der Waals surface area contributed by atoms with E-state index < -0.39 is 0 Å². The summed E-state index contributed by atoms with van der Waals surface area (Å²) in [6.07, 6.45) is 9.61. The Morgan fingerprint density at radius 2 is 2.00 bits per heavy atom. The fourth-order valence-electron chi connectivity index (χ4n) is 4.65. The van der Waals surface area contributed by atoms with Crippen LogP contribution in [0.4, 0.5) is 10.1 Å². The SMILES string of the molecule is CCCCc1nccc(N2CCC(Oc3ccc(C(C)C(=O)CC4CCC4)cc3)C2)c1F. The van der Waals surface area contributed by atoms with Gasteiger partial charge in [-0.05, 0) is 42.5 Å². The number of Topliss-reactive ketones (excluding diaryl/α,β-unsaturated/α-hetero) is 1. The van der Waals surface area contributed by atoms with Crippen molar-refractivity contribution in [3.05, 3.63) is 53.6 Å². The van der Waals surface area contributed by atoms with Crippen molar-refractivity contribution in [2.45, 2.75) is 77.2 Å². The van der Waals surface area contributed by atoms with Crippen LogP contribution in [-0.2, 0) is 11.2 Å². The third kappa shape index (κ3) is 5.31. The molecule has 0 radical (unpaired) electrons. The second-order valence-electron chi connectivity index (χ2n) is 9.43. The van der Waals surface area contributed by atoms with Crippen molar-refractivity contribution in [1.29, 1.82) is 0 Å². The van der Waals surface area contributed by atoms with Crippen LogP contribution in [-0.4, -0.2) is 30.0 Å². The fraction of sp³-hybridized carbons (Fsp3) is 0.556. The van der Waals surface area contributed by atoms with Crippen LogP contribution in [0.5, 0.6) is 5.75 Å². The molecule has 2 aliphatic rings. The van der Waals surface area contributed by atoms with Crippen LogP contribution in [0, 0.1) is 11.7 Å². The van der Waals surface area contributed by atoms with Crippen LogP contribution < -0.4 is 9.64 Å². The molecule has 4 nitrogen and oxygen atoms in total. The van der Waals surface area contributed by atoms with Gasteiger partial charge in [-0.1, -0.05) is 51.7 Å². The molecule has 4 rings (SSSR count). The Bertz CT molecular complexity index is 910. The predicted molar refractivity (Wildman–Crippen MR) is 126 cm³/mol. The number of carbonyl (C=O) groups is 1. The summed E-state index contributed by atoms with van der Waals surface area (Å²) in [7, 11) is 0. The number of anilines is 1. The summed E-state index contributed by atoms with van der Waals surface area (Å²) in [5, 5.41) is 0. The van der Waals surface area contributed by atoms with E-state index >= 15 is 0 Å². The molecule has 2 fully saturated rings. The molecular weight excluding hydrogens is 403 g/mol. The highest BCUT2D eigenvalue weighted by Crippen LogP contribution is 2.33. The van der Waals surface area contributed by atoms with E-state index in [0.717, 1.165) is 37.1 Å². The first-order chi connectivity index (χ1) is 15.5. The number of unbranched alkanes of at least 4 members (excludes halogenated alkanes) is 1. The first kappa shape index (κ1) is 22.8. The van der Waals surface area contributed by atoms with E-state index in [0.29, 0.717) is 42.5 Å². The normalized spacial score (nSPS) is 19.6. The van der Waals surface area contributed by atoms with Crippen molar-refractivity contribution in [1.82, 2.24) is 4.98 Å². The molecule has 2 atom stereocenters. The number of nitrogens with zero attached hydrogens (tertiary/aromatic N) is 2. The first-order valence-corrected chi connectivity index (χ1v) is 12.2. The number of aromatic nitrogens is 1. The molecule has 0 N–H and O–H groups in total. The molecule has 0 amide bonds. The Morgan fingerprint density at radius 3 is 2.69 bits per heavy atom. The number of hydrogen-bond acceptors (Lipinski definition) is 4. The summed E-state index contributed by atoms with van der Waals surface area (Å²) in [5.74, 6) is 1.49. The highest BCUT2D eigenvalue weighted by molar-refractivity contribution is 5.85. The summed E-state index contributed by atoms with van der Waals surface area (Å²) < 4.78 is 21.1. The van der Waals surface area contributed by atoms with Gasteiger partial charge in [-0.3, -0.25) is 9.78 Å². The maximum absolute atomic E-state index is 14.9. The topological polar surface area (TPSA) is 42.4 Å². The number of aryl methyl sites for hydroxylation is 1. The van der Waals surface area contributed by atoms with Gasteiger partial charge in [0, 0.05) is 31.5 Å². The largest absolute Gasteiger partial charge is 0.489 e. The van der Waals surface area contributed by atoms with E-state index in [1.165, 1.54) is 19.3 Å². The average molecular weight is 439 g/mol. The lowest BCUT2D eigenvalue weighted by Crippen LogP contribution is -2.25. The van der Waals surface area contributed by atoms with Gasteiger partial charge in [0.25, 0.3) is 0 Å². The van der Waals surface area contributed by atoms with E-state index in [2.05, 4.69) is 16.8 Å². The smallest absolute Gasteiger partial charge is 0.167 e. The minimum absolute atomic E-state index is 0.0187. The van der Waals surface area contributed by atoms with Gasteiger partial charge in [0.05, 0.1) is 17.9 Å². The monoisotopic (exact) mass is 438 g/mol. The molecule has 1 saturated heterocycles. The van der Waals surface area contributed by atoms with Crippen LogP contribution >= 0.6 is 0 Å².